The lowest BCUT2D eigenvalue weighted by atomic mass is 9.67. The van der Waals surface area contributed by atoms with Crippen molar-refractivity contribution in [3.63, 3.8) is 0 Å². The van der Waals surface area contributed by atoms with Crippen LogP contribution in [0.15, 0.2) is 54.3 Å². The number of likely N-dealkylation sites (tertiary alicyclic amines) is 1. The van der Waals surface area contributed by atoms with Crippen LogP contribution in [0.1, 0.15) is 67.4 Å². The van der Waals surface area contributed by atoms with Gasteiger partial charge in [0, 0.05) is 23.9 Å². The van der Waals surface area contributed by atoms with Crippen LogP contribution in [0.3, 0.4) is 0 Å². The molecule has 2 aromatic carbocycles. The number of nitrogens with zero attached hydrogens (tertiary/aromatic N) is 1. The summed E-state index contributed by atoms with van der Waals surface area (Å²) in [5.74, 6) is 2.38. The molecule has 0 saturated carbocycles. The zero-order valence-corrected chi connectivity index (χ0v) is 20.6. The van der Waals surface area contributed by atoms with Gasteiger partial charge in [0.25, 0.3) is 0 Å². The molecule has 0 amide bonds. The second kappa shape index (κ2) is 9.22. The third-order valence-corrected chi connectivity index (χ3v) is 7.52. The Hall–Kier alpha value is -2.79. The number of benzene rings is 2. The van der Waals surface area contributed by atoms with E-state index >= 15 is 0 Å². The highest BCUT2D eigenvalue weighted by Crippen LogP contribution is 2.51. The van der Waals surface area contributed by atoms with Crippen molar-refractivity contribution in [1.29, 1.82) is 0 Å². The number of ether oxygens (including phenoxy) is 3. The van der Waals surface area contributed by atoms with Crippen LogP contribution in [0, 0.1) is 0 Å². The van der Waals surface area contributed by atoms with Crippen molar-refractivity contribution in [2.45, 2.75) is 63.5 Å². The average molecular weight is 450 g/mol. The molecule has 0 spiro atoms. The van der Waals surface area contributed by atoms with Crippen LogP contribution < -0.4 is 9.47 Å². The molecule has 0 aromatic heterocycles. The molecule has 1 unspecified atom stereocenters. The number of allylic oxidation sites excluding steroid dienone is 1. The molecule has 2 aliphatic rings. The number of esters is 1. The molecule has 1 aliphatic carbocycles. The zero-order valence-electron chi connectivity index (χ0n) is 20.6. The largest absolute Gasteiger partial charge is 0.493 e. The lowest BCUT2D eigenvalue weighted by Crippen LogP contribution is -2.43. The molecule has 176 valence electrons. The lowest BCUT2D eigenvalue weighted by molar-refractivity contribution is 0.0593. The van der Waals surface area contributed by atoms with E-state index in [4.69, 9.17) is 14.2 Å². The SMILES string of the molecule is COc1ccc([C@@]23CCC(OC(=O)c4ccc(C(C)C)cc4)=C[C@@H]2N(C)C(C)C3)cc1OC. The number of carbonyl (C=O) groups excluding carboxylic acids is 1. The summed E-state index contributed by atoms with van der Waals surface area (Å²) in [6, 6.07) is 14.5. The first-order chi connectivity index (χ1) is 15.8. The Balaban J connectivity index is 1.60. The van der Waals surface area contributed by atoms with Crippen molar-refractivity contribution in [2.24, 2.45) is 0 Å². The lowest BCUT2D eigenvalue weighted by Gasteiger charge is -2.40. The first-order valence-electron chi connectivity index (χ1n) is 11.8. The van der Waals surface area contributed by atoms with E-state index in [-0.39, 0.29) is 17.4 Å². The molecule has 1 heterocycles. The first-order valence-corrected chi connectivity index (χ1v) is 11.8. The van der Waals surface area contributed by atoms with Gasteiger partial charge in [-0.05, 0) is 74.2 Å². The number of rotatable bonds is 6. The van der Waals surface area contributed by atoms with Crippen molar-refractivity contribution in [3.05, 3.63) is 71.0 Å². The fraction of sp³-hybridized carbons (Fsp3) is 0.464. The van der Waals surface area contributed by atoms with Gasteiger partial charge in [-0.25, -0.2) is 4.79 Å². The summed E-state index contributed by atoms with van der Waals surface area (Å²) in [6.45, 7) is 6.55. The maximum atomic E-state index is 12.8. The van der Waals surface area contributed by atoms with E-state index in [1.54, 1.807) is 14.2 Å². The minimum absolute atomic E-state index is 0.0530. The highest BCUT2D eigenvalue weighted by Gasteiger charge is 2.51. The summed E-state index contributed by atoms with van der Waals surface area (Å²) in [7, 11) is 5.49. The van der Waals surface area contributed by atoms with E-state index in [2.05, 4.69) is 50.9 Å². The topological polar surface area (TPSA) is 48.0 Å². The number of methoxy groups -OCH3 is 2. The fourth-order valence-electron chi connectivity index (χ4n) is 5.43. The summed E-state index contributed by atoms with van der Waals surface area (Å²) < 4.78 is 16.9. The molecule has 4 rings (SSSR count). The summed E-state index contributed by atoms with van der Waals surface area (Å²) >= 11 is 0. The van der Waals surface area contributed by atoms with Gasteiger partial charge in [0.1, 0.15) is 5.76 Å². The van der Waals surface area contributed by atoms with Gasteiger partial charge >= 0.3 is 5.97 Å². The summed E-state index contributed by atoms with van der Waals surface area (Å²) in [6.07, 6.45) is 4.83. The molecule has 5 nitrogen and oxygen atoms in total. The van der Waals surface area contributed by atoms with E-state index in [1.165, 1.54) is 11.1 Å². The Bertz CT molecular complexity index is 1040. The Kier molecular flexibility index (Phi) is 6.53. The van der Waals surface area contributed by atoms with Gasteiger partial charge in [0.2, 0.25) is 0 Å². The molecule has 2 aromatic rings. The van der Waals surface area contributed by atoms with Gasteiger partial charge in [0.05, 0.1) is 19.8 Å². The average Bonchev–Trinajstić information content (AvgIpc) is 3.09. The second-order valence-electron chi connectivity index (χ2n) is 9.69. The van der Waals surface area contributed by atoms with E-state index in [9.17, 15) is 4.79 Å². The van der Waals surface area contributed by atoms with Crippen molar-refractivity contribution in [3.8, 4) is 11.5 Å². The molecular weight excluding hydrogens is 414 g/mol. The maximum absolute atomic E-state index is 12.8. The molecule has 3 atom stereocenters. The molecule has 5 heteroatoms. The fourth-order valence-corrected chi connectivity index (χ4v) is 5.43. The molecule has 0 N–H and O–H groups in total. The minimum Gasteiger partial charge on any atom is -0.493 e. The molecule has 0 radical (unpaired) electrons. The first kappa shape index (κ1) is 23.4. The number of fused-ring (bicyclic) bond motifs is 1. The number of likely N-dealkylation sites (N-methyl/N-ethyl adjacent to an activating group) is 1. The van der Waals surface area contributed by atoms with Crippen molar-refractivity contribution < 1.29 is 19.0 Å². The third kappa shape index (κ3) is 4.26. The van der Waals surface area contributed by atoms with Crippen LogP contribution in [-0.2, 0) is 10.2 Å². The van der Waals surface area contributed by atoms with Gasteiger partial charge in [0.15, 0.2) is 11.5 Å². The van der Waals surface area contributed by atoms with E-state index in [1.807, 2.05) is 30.3 Å². The van der Waals surface area contributed by atoms with Crippen LogP contribution in [-0.4, -0.2) is 44.2 Å². The quantitative estimate of drug-likeness (QED) is 0.530. The number of hydrogen-bond acceptors (Lipinski definition) is 5. The summed E-state index contributed by atoms with van der Waals surface area (Å²) in [5, 5.41) is 0. The highest BCUT2D eigenvalue weighted by atomic mass is 16.5. The molecular formula is C28H35NO4. The van der Waals surface area contributed by atoms with Gasteiger partial charge in [-0.15, -0.1) is 0 Å². The van der Waals surface area contributed by atoms with Crippen molar-refractivity contribution in [1.82, 2.24) is 4.90 Å². The smallest absolute Gasteiger partial charge is 0.343 e. The normalized spacial score (nSPS) is 24.9. The van der Waals surface area contributed by atoms with Crippen LogP contribution in [0.4, 0.5) is 0 Å². The Labute approximate surface area is 197 Å². The van der Waals surface area contributed by atoms with Crippen LogP contribution in [0.5, 0.6) is 11.5 Å². The monoisotopic (exact) mass is 449 g/mol. The third-order valence-electron chi connectivity index (χ3n) is 7.52. The Morgan fingerprint density at radius 3 is 2.39 bits per heavy atom. The van der Waals surface area contributed by atoms with Crippen LogP contribution in [0.2, 0.25) is 0 Å². The molecule has 1 saturated heterocycles. The van der Waals surface area contributed by atoms with Crippen molar-refractivity contribution >= 4 is 5.97 Å². The van der Waals surface area contributed by atoms with Crippen LogP contribution >= 0.6 is 0 Å². The summed E-state index contributed by atoms with van der Waals surface area (Å²) in [4.78, 5) is 15.2. The van der Waals surface area contributed by atoms with Gasteiger partial charge in [-0.2, -0.15) is 0 Å². The van der Waals surface area contributed by atoms with Gasteiger partial charge in [-0.1, -0.05) is 32.0 Å². The Morgan fingerprint density at radius 2 is 1.76 bits per heavy atom. The van der Waals surface area contributed by atoms with Gasteiger partial charge < -0.3 is 14.2 Å². The zero-order chi connectivity index (χ0) is 23.8. The summed E-state index contributed by atoms with van der Waals surface area (Å²) in [5.41, 5.74) is 2.99. The standard InChI is InChI=1S/C28H35NO4/c1-18(2)20-7-9-21(10-8-20)27(30)33-23-13-14-28(17-19(3)29(4)26(28)16-23)22-11-12-24(31-5)25(15-22)32-6/h7-12,15-16,18-19,26H,13-14,17H2,1-6H3/t19?,26-,28-/m0/s1. The molecule has 33 heavy (non-hydrogen) atoms. The van der Waals surface area contributed by atoms with Crippen LogP contribution in [0.25, 0.3) is 0 Å². The minimum atomic E-state index is -0.288. The molecule has 0 bridgehead atoms. The van der Waals surface area contributed by atoms with Crippen molar-refractivity contribution in [2.75, 3.05) is 21.3 Å². The number of carbonyl (C=O) groups is 1. The Morgan fingerprint density at radius 1 is 1.06 bits per heavy atom. The molecule has 1 fully saturated rings. The van der Waals surface area contributed by atoms with Gasteiger partial charge in [-0.3, -0.25) is 4.90 Å². The van der Waals surface area contributed by atoms with E-state index in [0.29, 0.717) is 17.5 Å². The number of hydrogen-bond donors (Lipinski definition) is 0. The second-order valence-corrected chi connectivity index (χ2v) is 9.69. The predicted molar refractivity (Wildman–Crippen MR) is 130 cm³/mol. The van der Waals surface area contributed by atoms with E-state index in [0.717, 1.165) is 36.5 Å². The highest BCUT2D eigenvalue weighted by molar-refractivity contribution is 5.90. The molecule has 1 aliphatic heterocycles. The van der Waals surface area contributed by atoms with E-state index < -0.39 is 0 Å². The maximum Gasteiger partial charge on any atom is 0.343 e. The predicted octanol–water partition coefficient (Wildman–Crippen LogP) is 5.69.